The Morgan fingerprint density at radius 2 is 1.76 bits per heavy atom. The number of nitrogens with zero attached hydrogens (tertiary/aromatic N) is 3. The molecule has 0 aliphatic carbocycles. The summed E-state index contributed by atoms with van der Waals surface area (Å²) in [5.74, 6) is -0.438. The second kappa shape index (κ2) is 8.82. The molecular weight excluding hydrogens is 492 g/mol. The summed E-state index contributed by atoms with van der Waals surface area (Å²) in [6.07, 6.45) is 0. The molecule has 16 heteroatoms. The Morgan fingerprint density at radius 1 is 1.09 bits per heavy atom. The number of aromatic amines is 1. The Morgan fingerprint density at radius 3 is 2.35 bits per heavy atom. The lowest BCUT2D eigenvalue weighted by atomic mass is 10.2. The number of H-pyrrole nitrogens is 1. The number of para-hydroxylation sites is 1. The molecule has 14 nitrogen and oxygen atoms in total. The van der Waals surface area contributed by atoms with Crippen LogP contribution >= 0.6 is 0 Å². The average molecular weight is 511 g/mol. The number of azo groups is 1. The van der Waals surface area contributed by atoms with Gasteiger partial charge in [-0.1, -0.05) is 6.07 Å². The highest BCUT2D eigenvalue weighted by atomic mass is 32.2. The van der Waals surface area contributed by atoms with Crippen LogP contribution in [0.2, 0.25) is 0 Å². The van der Waals surface area contributed by atoms with Crippen LogP contribution in [0, 0.1) is 6.92 Å². The van der Waals surface area contributed by atoms with Gasteiger partial charge in [0.2, 0.25) is 5.91 Å². The van der Waals surface area contributed by atoms with Gasteiger partial charge in [-0.25, -0.2) is 4.68 Å². The summed E-state index contributed by atoms with van der Waals surface area (Å²) in [5.41, 5.74) is 4.87. The van der Waals surface area contributed by atoms with E-state index in [-0.39, 0.29) is 28.4 Å². The molecule has 0 saturated carbocycles. The minimum atomic E-state index is -4.86. The summed E-state index contributed by atoms with van der Waals surface area (Å²) in [4.78, 5) is 23.0. The number of nitrogens with one attached hydrogen (secondary N) is 2. The van der Waals surface area contributed by atoms with Crippen molar-refractivity contribution in [3.63, 3.8) is 0 Å². The quantitative estimate of drug-likeness (QED) is 0.185. The van der Waals surface area contributed by atoms with E-state index in [1.165, 1.54) is 26.0 Å². The molecule has 1 amide bonds. The lowest BCUT2D eigenvalue weighted by Gasteiger charge is -2.12. The van der Waals surface area contributed by atoms with Gasteiger partial charge >= 0.3 is 0 Å². The normalized spacial score (nSPS) is 12.2. The summed E-state index contributed by atoms with van der Waals surface area (Å²) in [7, 11) is -9.59. The molecule has 0 saturated heterocycles. The molecule has 0 fully saturated rings. The van der Waals surface area contributed by atoms with Crippen LogP contribution < -0.4 is 16.6 Å². The number of anilines is 2. The van der Waals surface area contributed by atoms with Gasteiger partial charge in [-0.2, -0.15) is 16.8 Å². The van der Waals surface area contributed by atoms with Crippen LogP contribution in [0.15, 0.2) is 61.2 Å². The number of nitrogens with two attached hydrogens (primary N) is 1. The molecule has 0 unspecified atom stereocenters. The Kier molecular flexibility index (Phi) is 6.43. The maximum Gasteiger partial charge on any atom is 0.299 e. The monoisotopic (exact) mass is 510 g/mol. The molecule has 1 aromatic heterocycles. The molecule has 34 heavy (non-hydrogen) atoms. The first kappa shape index (κ1) is 24.8. The highest BCUT2D eigenvalue weighted by Crippen LogP contribution is 2.30. The third-order valence-electron chi connectivity index (χ3n) is 4.42. The maximum absolute atomic E-state index is 13.0. The van der Waals surface area contributed by atoms with Crippen LogP contribution in [-0.2, 0) is 25.0 Å². The zero-order valence-electron chi connectivity index (χ0n) is 17.5. The van der Waals surface area contributed by atoms with Crippen LogP contribution in [0.1, 0.15) is 12.6 Å². The molecule has 0 atom stereocenters. The van der Waals surface area contributed by atoms with Crippen molar-refractivity contribution in [1.29, 1.82) is 0 Å². The molecule has 0 aliphatic heterocycles. The van der Waals surface area contributed by atoms with Gasteiger partial charge < -0.3 is 11.1 Å². The number of nitrogen functional groups attached to an aromatic ring is 1. The Bertz CT molecular complexity index is 1600. The molecule has 6 N–H and O–H groups in total. The van der Waals surface area contributed by atoms with Gasteiger partial charge in [0.1, 0.15) is 10.6 Å². The number of carbonyl (C=O) groups excluding carboxylic acids is 1. The van der Waals surface area contributed by atoms with E-state index in [0.29, 0.717) is 12.1 Å². The van der Waals surface area contributed by atoms with E-state index >= 15 is 0 Å². The van der Waals surface area contributed by atoms with Crippen molar-refractivity contribution in [3.05, 3.63) is 52.4 Å². The molecular formula is C18H18N6O8S2. The lowest BCUT2D eigenvalue weighted by molar-refractivity contribution is -0.114. The highest BCUT2D eigenvalue weighted by Gasteiger charge is 2.21. The molecule has 2 aromatic carbocycles. The summed E-state index contributed by atoms with van der Waals surface area (Å²) >= 11 is 0. The Labute approximate surface area is 192 Å². The first-order valence-electron chi connectivity index (χ1n) is 9.19. The SMILES string of the molecule is CC(=O)Nc1c(N)cccc1-n1[nH]c(C)c(N=Nc2cc(S(=O)(=O)O)ccc2S(=O)(=O)O)c1=O. The van der Waals surface area contributed by atoms with E-state index in [2.05, 4.69) is 20.6 Å². The van der Waals surface area contributed by atoms with Crippen molar-refractivity contribution >= 4 is 48.9 Å². The van der Waals surface area contributed by atoms with E-state index in [1.54, 1.807) is 6.07 Å². The van der Waals surface area contributed by atoms with Crippen LogP contribution in [-0.4, -0.2) is 41.6 Å². The number of amides is 1. The molecule has 3 rings (SSSR count). The fraction of sp³-hybridized carbons (Fsp3) is 0.111. The molecule has 0 radical (unpaired) electrons. The smallest absolute Gasteiger partial charge is 0.299 e. The minimum Gasteiger partial charge on any atom is -0.397 e. The predicted octanol–water partition coefficient (Wildman–Crippen LogP) is 1.92. The number of hydrogen-bond acceptors (Lipinski definition) is 9. The predicted molar refractivity (Wildman–Crippen MR) is 120 cm³/mol. The topological polar surface area (TPSA) is 226 Å². The molecule has 1 heterocycles. The zero-order valence-corrected chi connectivity index (χ0v) is 19.2. The average Bonchev–Trinajstić information content (AvgIpc) is 2.99. The summed E-state index contributed by atoms with van der Waals surface area (Å²) < 4.78 is 65.7. The van der Waals surface area contributed by atoms with E-state index in [1.807, 2.05) is 0 Å². The van der Waals surface area contributed by atoms with E-state index in [9.17, 15) is 35.5 Å². The van der Waals surface area contributed by atoms with Gasteiger partial charge in [-0.15, -0.1) is 10.2 Å². The number of benzene rings is 2. The molecule has 0 bridgehead atoms. The molecule has 0 spiro atoms. The van der Waals surface area contributed by atoms with Crippen molar-refractivity contribution < 1.29 is 30.7 Å². The first-order chi connectivity index (χ1) is 15.7. The Balaban J connectivity index is 2.17. The van der Waals surface area contributed by atoms with Crippen LogP contribution in [0.4, 0.5) is 22.7 Å². The fourth-order valence-corrected chi connectivity index (χ4v) is 4.04. The highest BCUT2D eigenvalue weighted by molar-refractivity contribution is 7.86. The van der Waals surface area contributed by atoms with Gasteiger partial charge in [0.05, 0.1) is 27.7 Å². The third kappa shape index (κ3) is 5.04. The number of hydrogen-bond donors (Lipinski definition) is 5. The molecule has 0 aliphatic rings. The standard InChI is InChI=1S/C18H18N6O8S2/c1-9-16(18(26)24(23-9)14-5-3-4-12(19)17(14)20-10(2)25)22-21-13-8-11(33(27,28)29)6-7-15(13)34(30,31)32/h3-8,23H,19H2,1-2H3,(H,20,25)(H,27,28,29)(H,30,31,32). The number of aryl methyl sites for hydroxylation is 1. The van der Waals surface area contributed by atoms with E-state index in [4.69, 9.17) is 5.73 Å². The summed E-state index contributed by atoms with van der Waals surface area (Å²) in [6, 6.07) is 6.66. The second-order valence-corrected chi connectivity index (χ2v) is 9.74. The van der Waals surface area contributed by atoms with Crippen molar-refractivity contribution in [2.24, 2.45) is 10.2 Å². The van der Waals surface area contributed by atoms with Crippen molar-refractivity contribution in [1.82, 2.24) is 9.78 Å². The number of rotatable bonds is 6. The number of aromatic nitrogens is 2. The van der Waals surface area contributed by atoms with E-state index in [0.717, 1.165) is 10.7 Å². The lowest BCUT2D eigenvalue weighted by Crippen LogP contribution is -2.18. The summed E-state index contributed by atoms with van der Waals surface area (Å²) in [5, 5.41) is 12.6. The first-order valence-corrected chi connectivity index (χ1v) is 12.1. The number of carbonyl (C=O) groups is 1. The maximum atomic E-state index is 13.0. The van der Waals surface area contributed by atoms with Gasteiger partial charge in [0.15, 0.2) is 5.69 Å². The van der Waals surface area contributed by atoms with Crippen LogP contribution in [0.3, 0.4) is 0 Å². The second-order valence-electron chi connectivity index (χ2n) is 6.93. The van der Waals surface area contributed by atoms with Gasteiger partial charge in [-0.05, 0) is 37.3 Å². The van der Waals surface area contributed by atoms with Gasteiger partial charge in [0, 0.05) is 6.92 Å². The van der Waals surface area contributed by atoms with Crippen molar-refractivity contribution in [2.75, 3.05) is 11.1 Å². The largest absolute Gasteiger partial charge is 0.397 e. The van der Waals surface area contributed by atoms with Gasteiger partial charge in [-0.3, -0.25) is 23.8 Å². The third-order valence-corrected chi connectivity index (χ3v) is 6.17. The van der Waals surface area contributed by atoms with Crippen LogP contribution in [0.25, 0.3) is 5.69 Å². The zero-order chi connectivity index (χ0) is 25.4. The van der Waals surface area contributed by atoms with Crippen LogP contribution in [0.5, 0.6) is 0 Å². The summed E-state index contributed by atoms with van der Waals surface area (Å²) in [6.45, 7) is 2.71. The Hall–Kier alpha value is -3.86. The van der Waals surface area contributed by atoms with E-state index < -0.39 is 47.2 Å². The fourth-order valence-electron chi connectivity index (χ4n) is 2.94. The van der Waals surface area contributed by atoms with Crippen molar-refractivity contribution in [3.8, 4) is 5.69 Å². The van der Waals surface area contributed by atoms with Crippen molar-refractivity contribution in [2.45, 2.75) is 23.6 Å². The van der Waals surface area contributed by atoms with Gasteiger partial charge in [0.25, 0.3) is 25.8 Å². The minimum absolute atomic E-state index is 0.149. The molecule has 180 valence electrons. The molecule has 3 aromatic rings.